The van der Waals surface area contributed by atoms with Gasteiger partial charge in [0.25, 0.3) is 0 Å². The monoisotopic (exact) mass is 388 g/mol. The Morgan fingerprint density at radius 2 is 1.75 bits per heavy atom. The summed E-state index contributed by atoms with van der Waals surface area (Å²) < 4.78 is 16.5. The third kappa shape index (κ3) is 4.02. The van der Waals surface area contributed by atoms with Crippen LogP contribution in [0.5, 0.6) is 5.75 Å². The molecule has 2 aromatic carbocycles. The number of rotatable bonds is 6. The van der Waals surface area contributed by atoms with Gasteiger partial charge in [-0.2, -0.15) is 0 Å². The lowest BCUT2D eigenvalue weighted by atomic mass is 10.2. The van der Waals surface area contributed by atoms with Crippen LogP contribution in [0.1, 0.15) is 10.6 Å². The first-order valence-corrected chi connectivity index (χ1v) is 7.97. The molecule has 0 saturated heterocycles. The van der Waals surface area contributed by atoms with Crippen LogP contribution in [0, 0.1) is 0 Å². The molecule has 0 atom stereocenters. The standard InChI is InChI=1S/C18H13BrO5/c19-13-5-7-14(8-6-13)22-11-18(21)23-10-15(20)17-9-12-3-1-2-4-16(12)24-17/h1-9H,10-11H2. The molecule has 0 fully saturated rings. The summed E-state index contributed by atoms with van der Waals surface area (Å²) in [5, 5.41) is 0.825. The second-order valence-corrected chi connectivity index (χ2v) is 5.89. The lowest BCUT2D eigenvalue weighted by Crippen LogP contribution is -2.19. The molecule has 0 aliphatic heterocycles. The van der Waals surface area contributed by atoms with Crippen molar-refractivity contribution in [3.8, 4) is 5.75 Å². The summed E-state index contributed by atoms with van der Waals surface area (Å²) in [5.41, 5.74) is 0.616. The van der Waals surface area contributed by atoms with Crippen LogP contribution in [-0.2, 0) is 9.53 Å². The van der Waals surface area contributed by atoms with Crippen molar-refractivity contribution >= 4 is 38.7 Å². The van der Waals surface area contributed by atoms with Crippen molar-refractivity contribution in [3.63, 3.8) is 0 Å². The summed E-state index contributed by atoms with van der Waals surface area (Å²) in [4.78, 5) is 23.7. The fourth-order valence-corrected chi connectivity index (χ4v) is 2.32. The number of ketones is 1. The van der Waals surface area contributed by atoms with E-state index < -0.39 is 11.8 Å². The Balaban J connectivity index is 1.50. The van der Waals surface area contributed by atoms with E-state index in [0.717, 1.165) is 9.86 Å². The minimum absolute atomic E-state index is 0.165. The summed E-state index contributed by atoms with van der Waals surface area (Å²) >= 11 is 3.31. The van der Waals surface area contributed by atoms with Gasteiger partial charge in [0.15, 0.2) is 19.0 Å². The quantitative estimate of drug-likeness (QED) is 0.471. The van der Waals surface area contributed by atoms with Gasteiger partial charge in [0.1, 0.15) is 11.3 Å². The number of esters is 1. The number of ether oxygens (including phenoxy) is 2. The van der Waals surface area contributed by atoms with Crippen LogP contribution in [-0.4, -0.2) is 25.0 Å². The molecule has 0 bridgehead atoms. The van der Waals surface area contributed by atoms with Gasteiger partial charge in [0, 0.05) is 9.86 Å². The number of carbonyl (C=O) groups is 2. The molecule has 6 heteroatoms. The van der Waals surface area contributed by atoms with Gasteiger partial charge in [-0.1, -0.05) is 34.1 Å². The molecule has 0 amide bonds. The molecule has 3 aromatic rings. The van der Waals surface area contributed by atoms with Crippen LogP contribution >= 0.6 is 15.9 Å². The van der Waals surface area contributed by atoms with Gasteiger partial charge in [-0.15, -0.1) is 0 Å². The van der Waals surface area contributed by atoms with E-state index in [4.69, 9.17) is 13.9 Å². The molecule has 0 spiro atoms. The second-order valence-electron chi connectivity index (χ2n) is 4.97. The highest BCUT2D eigenvalue weighted by Crippen LogP contribution is 2.19. The Labute approximate surface area is 146 Å². The van der Waals surface area contributed by atoms with Crippen LogP contribution in [0.15, 0.2) is 63.5 Å². The Morgan fingerprint density at radius 1 is 1.00 bits per heavy atom. The van der Waals surface area contributed by atoms with Crippen molar-refractivity contribution in [3.05, 3.63) is 64.8 Å². The van der Waals surface area contributed by atoms with Gasteiger partial charge in [0.2, 0.25) is 5.78 Å². The van der Waals surface area contributed by atoms with Gasteiger partial charge in [0.05, 0.1) is 0 Å². The second kappa shape index (κ2) is 7.31. The number of halogens is 1. The normalized spacial score (nSPS) is 10.5. The Bertz CT molecular complexity index is 834. The van der Waals surface area contributed by atoms with Gasteiger partial charge in [-0.05, 0) is 36.4 Å². The molecule has 0 N–H and O–H groups in total. The SMILES string of the molecule is O=C(COc1ccc(Br)cc1)OCC(=O)c1cc2ccccc2o1. The van der Waals surface area contributed by atoms with E-state index in [1.165, 1.54) is 0 Å². The van der Waals surface area contributed by atoms with E-state index in [1.807, 2.05) is 18.2 Å². The molecule has 1 heterocycles. The smallest absolute Gasteiger partial charge is 0.344 e. The maximum Gasteiger partial charge on any atom is 0.344 e. The van der Waals surface area contributed by atoms with E-state index in [9.17, 15) is 9.59 Å². The first-order chi connectivity index (χ1) is 11.6. The fourth-order valence-electron chi connectivity index (χ4n) is 2.05. The average Bonchev–Trinajstić information content (AvgIpc) is 3.03. The van der Waals surface area contributed by atoms with E-state index in [0.29, 0.717) is 11.3 Å². The first kappa shape index (κ1) is 16.3. The van der Waals surface area contributed by atoms with Gasteiger partial charge < -0.3 is 13.9 Å². The minimum Gasteiger partial charge on any atom is -0.482 e. The highest BCUT2D eigenvalue weighted by molar-refractivity contribution is 9.10. The molecular formula is C18H13BrO5. The first-order valence-electron chi connectivity index (χ1n) is 7.17. The highest BCUT2D eigenvalue weighted by atomic mass is 79.9. The summed E-state index contributed by atoms with van der Waals surface area (Å²) in [6, 6.07) is 15.9. The van der Waals surface area contributed by atoms with Crippen molar-refractivity contribution in [2.45, 2.75) is 0 Å². The third-order valence-corrected chi connectivity index (χ3v) is 3.76. The molecule has 24 heavy (non-hydrogen) atoms. The van der Waals surface area contributed by atoms with E-state index >= 15 is 0 Å². The summed E-state index contributed by atoms with van der Waals surface area (Å²) in [6.45, 7) is -0.655. The maximum absolute atomic E-state index is 12.0. The van der Waals surface area contributed by atoms with Crippen molar-refractivity contribution < 1.29 is 23.5 Å². The van der Waals surface area contributed by atoms with Gasteiger partial charge in [-0.25, -0.2) is 4.79 Å². The molecule has 0 unspecified atom stereocenters. The van der Waals surface area contributed by atoms with Crippen molar-refractivity contribution in [2.24, 2.45) is 0 Å². The number of benzene rings is 2. The number of furan rings is 1. The molecule has 0 radical (unpaired) electrons. The van der Waals surface area contributed by atoms with Gasteiger partial charge in [-0.3, -0.25) is 4.79 Å². The van der Waals surface area contributed by atoms with Crippen molar-refractivity contribution in [1.82, 2.24) is 0 Å². The van der Waals surface area contributed by atoms with Crippen LogP contribution in [0.4, 0.5) is 0 Å². The largest absolute Gasteiger partial charge is 0.482 e. The highest BCUT2D eigenvalue weighted by Gasteiger charge is 2.15. The number of hydrogen-bond acceptors (Lipinski definition) is 5. The summed E-state index contributed by atoms with van der Waals surface area (Å²) in [5.74, 6) is -0.317. The Morgan fingerprint density at radius 3 is 2.50 bits per heavy atom. The minimum atomic E-state index is -0.623. The lowest BCUT2D eigenvalue weighted by Gasteiger charge is -2.06. The average molecular weight is 389 g/mol. The molecule has 0 aliphatic rings. The van der Waals surface area contributed by atoms with Crippen LogP contribution in [0.25, 0.3) is 11.0 Å². The number of Topliss-reactive ketones (excluding diaryl/α,β-unsaturated/α-hetero) is 1. The number of carbonyl (C=O) groups excluding carboxylic acids is 2. The summed E-state index contributed by atoms with van der Waals surface area (Å²) in [6.07, 6.45) is 0. The molecule has 1 aromatic heterocycles. The molecular weight excluding hydrogens is 376 g/mol. The molecule has 3 rings (SSSR count). The zero-order chi connectivity index (χ0) is 16.9. The zero-order valence-electron chi connectivity index (χ0n) is 12.5. The number of para-hydroxylation sites is 1. The topological polar surface area (TPSA) is 65.7 Å². The third-order valence-electron chi connectivity index (χ3n) is 3.23. The van der Waals surface area contributed by atoms with Crippen molar-refractivity contribution in [2.75, 3.05) is 13.2 Å². The maximum atomic E-state index is 12.0. The predicted molar refractivity (Wildman–Crippen MR) is 91.1 cm³/mol. The lowest BCUT2D eigenvalue weighted by molar-refractivity contribution is -0.144. The summed E-state index contributed by atoms with van der Waals surface area (Å²) in [7, 11) is 0. The molecule has 0 aliphatic carbocycles. The van der Waals surface area contributed by atoms with E-state index in [1.54, 1.807) is 36.4 Å². The fraction of sp³-hybridized carbons (Fsp3) is 0.111. The Kier molecular flexibility index (Phi) is 4.96. The molecule has 5 nitrogen and oxygen atoms in total. The predicted octanol–water partition coefficient (Wildman–Crippen LogP) is 4.00. The Hall–Kier alpha value is -2.60. The van der Waals surface area contributed by atoms with Crippen LogP contribution in [0.2, 0.25) is 0 Å². The van der Waals surface area contributed by atoms with Crippen LogP contribution < -0.4 is 4.74 Å². The molecule has 0 saturated carbocycles. The van der Waals surface area contributed by atoms with Crippen molar-refractivity contribution in [1.29, 1.82) is 0 Å². The van der Waals surface area contributed by atoms with Gasteiger partial charge >= 0.3 is 5.97 Å². The zero-order valence-corrected chi connectivity index (χ0v) is 14.1. The molecule has 122 valence electrons. The van der Waals surface area contributed by atoms with E-state index in [-0.39, 0.29) is 19.0 Å². The van der Waals surface area contributed by atoms with Crippen LogP contribution in [0.3, 0.4) is 0 Å². The number of fused-ring (bicyclic) bond motifs is 1. The number of hydrogen-bond donors (Lipinski definition) is 0. The van der Waals surface area contributed by atoms with E-state index in [2.05, 4.69) is 15.9 Å².